The van der Waals surface area contributed by atoms with Crippen LogP contribution in [0.15, 0.2) is 24.3 Å². The summed E-state index contributed by atoms with van der Waals surface area (Å²) in [5, 5.41) is 0.832. The van der Waals surface area contributed by atoms with Gasteiger partial charge in [0.1, 0.15) is 5.82 Å². The minimum atomic E-state index is 0.648. The van der Waals surface area contributed by atoms with Crippen LogP contribution in [0, 0.1) is 13.8 Å². The number of hydrogen-bond donors (Lipinski definition) is 1. The molecule has 21 heavy (non-hydrogen) atoms. The van der Waals surface area contributed by atoms with E-state index in [9.17, 15) is 0 Å². The molecule has 0 saturated heterocycles. The number of aromatic nitrogens is 2. The van der Waals surface area contributed by atoms with Gasteiger partial charge in [-0.15, -0.1) is 11.3 Å². The number of methoxy groups -OCH3 is 1. The second-order valence-electron chi connectivity index (χ2n) is 5.09. The van der Waals surface area contributed by atoms with Crippen LogP contribution in [-0.4, -0.2) is 23.3 Å². The molecule has 2 heterocycles. The van der Waals surface area contributed by atoms with Crippen LogP contribution in [0.5, 0.6) is 0 Å². The van der Waals surface area contributed by atoms with Crippen molar-refractivity contribution in [2.75, 3.05) is 19.5 Å². The van der Waals surface area contributed by atoms with E-state index in [2.05, 4.69) is 24.5 Å². The minimum absolute atomic E-state index is 0.648. The first-order chi connectivity index (χ1) is 10.1. The number of benzene rings is 1. The second kappa shape index (κ2) is 5.50. The average molecular weight is 301 g/mol. The largest absolute Gasteiger partial charge is 0.390 e. The Morgan fingerprint density at radius 3 is 2.71 bits per heavy atom. The maximum absolute atomic E-state index is 6.23. The fraction of sp³-hybridized carbons (Fsp3) is 0.312. The molecule has 110 valence electrons. The van der Waals surface area contributed by atoms with Gasteiger partial charge in [0.2, 0.25) is 0 Å². The zero-order chi connectivity index (χ0) is 15.0. The molecule has 3 aromatic rings. The molecule has 0 spiro atoms. The summed E-state index contributed by atoms with van der Waals surface area (Å²) < 4.78 is 7.44. The molecule has 0 unspecified atom stereocenters. The van der Waals surface area contributed by atoms with Gasteiger partial charge in [-0.25, -0.2) is 4.98 Å². The number of rotatable bonds is 4. The van der Waals surface area contributed by atoms with Crippen molar-refractivity contribution in [1.29, 1.82) is 0 Å². The summed E-state index contributed by atoms with van der Waals surface area (Å²) >= 11 is 1.63. The summed E-state index contributed by atoms with van der Waals surface area (Å²) in [5.74, 6) is 0.938. The molecule has 0 saturated carbocycles. The van der Waals surface area contributed by atoms with Gasteiger partial charge in [-0.3, -0.25) is 0 Å². The Morgan fingerprint density at radius 2 is 2.05 bits per heavy atom. The normalized spacial score (nSPS) is 11.4. The molecule has 0 aliphatic heterocycles. The summed E-state index contributed by atoms with van der Waals surface area (Å²) in [6.45, 7) is 5.62. The van der Waals surface area contributed by atoms with Crippen molar-refractivity contribution in [1.82, 2.24) is 9.55 Å². The number of anilines is 1. The van der Waals surface area contributed by atoms with Crippen LogP contribution < -0.4 is 5.73 Å². The third kappa shape index (κ3) is 2.32. The van der Waals surface area contributed by atoms with Crippen molar-refractivity contribution in [3.05, 3.63) is 34.7 Å². The monoisotopic (exact) mass is 301 g/mol. The average Bonchev–Trinajstić information content (AvgIpc) is 2.94. The number of thiophene rings is 1. The van der Waals surface area contributed by atoms with Gasteiger partial charge in [0.05, 0.1) is 28.2 Å². The Kier molecular flexibility index (Phi) is 3.69. The number of hydrogen-bond acceptors (Lipinski definition) is 4. The lowest BCUT2D eigenvalue weighted by Gasteiger charge is -2.09. The minimum Gasteiger partial charge on any atom is -0.390 e. The highest BCUT2D eigenvalue weighted by molar-refractivity contribution is 7.16. The van der Waals surface area contributed by atoms with Gasteiger partial charge in [0.25, 0.3) is 0 Å². The van der Waals surface area contributed by atoms with Crippen LogP contribution in [-0.2, 0) is 11.3 Å². The predicted octanol–water partition coefficient (Wildman–Crippen LogP) is 3.61. The maximum atomic E-state index is 6.23. The molecule has 1 aromatic carbocycles. The highest BCUT2D eigenvalue weighted by Crippen LogP contribution is 2.38. The Balaban J connectivity index is 2.25. The van der Waals surface area contributed by atoms with Gasteiger partial charge in [-0.05, 0) is 31.5 Å². The van der Waals surface area contributed by atoms with E-state index < -0.39 is 0 Å². The molecular formula is C16H19N3OS. The smallest absolute Gasteiger partial charge is 0.144 e. The number of para-hydroxylation sites is 2. The maximum Gasteiger partial charge on any atom is 0.144 e. The molecular weight excluding hydrogens is 282 g/mol. The molecule has 0 aliphatic rings. The number of imidazole rings is 1. The first-order valence-electron chi connectivity index (χ1n) is 6.93. The first kappa shape index (κ1) is 14.1. The van der Waals surface area contributed by atoms with Crippen LogP contribution in [0.1, 0.15) is 10.4 Å². The Bertz CT molecular complexity index is 788. The van der Waals surface area contributed by atoms with Crippen LogP contribution in [0.25, 0.3) is 22.4 Å². The molecule has 0 bridgehead atoms. The predicted molar refractivity (Wildman–Crippen MR) is 88.8 cm³/mol. The van der Waals surface area contributed by atoms with Gasteiger partial charge >= 0.3 is 0 Å². The summed E-state index contributed by atoms with van der Waals surface area (Å²) in [4.78, 5) is 6.05. The van der Waals surface area contributed by atoms with Gasteiger partial charge < -0.3 is 15.0 Å². The van der Waals surface area contributed by atoms with Crippen LogP contribution in [0.3, 0.4) is 0 Å². The third-order valence-electron chi connectivity index (χ3n) is 3.81. The molecule has 4 nitrogen and oxygen atoms in total. The van der Waals surface area contributed by atoms with Crippen molar-refractivity contribution < 1.29 is 4.74 Å². The lowest BCUT2D eigenvalue weighted by Crippen LogP contribution is -2.06. The van der Waals surface area contributed by atoms with Gasteiger partial charge in [0, 0.05) is 18.5 Å². The SMILES string of the molecule is COCCn1c(-c2c(N)sc(C)c2C)nc2ccccc21. The van der Waals surface area contributed by atoms with Crippen LogP contribution >= 0.6 is 11.3 Å². The highest BCUT2D eigenvalue weighted by atomic mass is 32.1. The van der Waals surface area contributed by atoms with Gasteiger partial charge in [0.15, 0.2) is 0 Å². The number of fused-ring (bicyclic) bond motifs is 1. The van der Waals surface area contributed by atoms with E-state index >= 15 is 0 Å². The zero-order valence-electron chi connectivity index (χ0n) is 12.5. The number of aryl methyl sites for hydroxylation is 1. The Labute approximate surface area is 128 Å². The number of nitrogens with two attached hydrogens (primary N) is 1. The van der Waals surface area contributed by atoms with E-state index in [1.165, 1.54) is 10.4 Å². The fourth-order valence-corrected chi connectivity index (χ4v) is 3.54. The summed E-state index contributed by atoms with van der Waals surface area (Å²) in [6, 6.07) is 8.17. The van der Waals surface area contributed by atoms with E-state index in [-0.39, 0.29) is 0 Å². The lowest BCUT2D eigenvalue weighted by atomic mass is 10.1. The summed E-state index contributed by atoms with van der Waals surface area (Å²) in [6.07, 6.45) is 0. The van der Waals surface area contributed by atoms with Crippen LogP contribution in [0.2, 0.25) is 0 Å². The Morgan fingerprint density at radius 1 is 1.29 bits per heavy atom. The molecule has 3 rings (SSSR count). The lowest BCUT2D eigenvalue weighted by molar-refractivity contribution is 0.188. The molecule has 0 aliphatic carbocycles. The van der Waals surface area contributed by atoms with Crippen molar-refractivity contribution in [3.63, 3.8) is 0 Å². The first-order valence-corrected chi connectivity index (χ1v) is 7.75. The number of nitrogens with zero attached hydrogens (tertiary/aromatic N) is 2. The molecule has 2 N–H and O–H groups in total. The third-order valence-corrected chi connectivity index (χ3v) is 4.85. The number of ether oxygens (including phenoxy) is 1. The molecule has 0 amide bonds. The van der Waals surface area contributed by atoms with Crippen molar-refractivity contribution >= 4 is 27.4 Å². The molecule has 5 heteroatoms. The van der Waals surface area contributed by atoms with Gasteiger partial charge in [-0.2, -0.15) is 0 Å². The zero-order valence-corrected chi connectivity index (χ0v) is 13.3. The van der Waals surface area contributed by atoms with E-state index in [0.29, 0.717) is 6.61 Å². The van der Waals surface area contributed by atoms with Crippen LogP contribution in [0.4, 0.5) is 5.00 Å². The van der Waals surface area contributed by atoms with Crippen molar-refractivity contribution in [2.24, 2.45) is 0 Å². The van der Waals surface area contributed by atoms with E-state index in [1.807, 2.05) is 18.2 Å². The van der Waals surface area contributed by atoms with Gasteiger partial charge in [-0.1, -0.05) is 12.1 Å². The molecule has 0 fully saturated rings. The summed E-state index contributed by atoms with van der Waals surface area (Å²) in [7, 11) is 1.72. The highest BCUT2D eigenvalue weighted by Gasteiger charge is 2.19. The molecule has 0 radical (unpaired) electrons. The van der Waals surface area contributed by atoms with E-state index in [0.717, 1.165) is 34.0 Å². The fourth-order valence-electron chi connectivity index (χ4n) is 2.61. The van der Waals surface area contributed by atoms with Crippen molar-refractivity contribution in [2.45, 2.75) is 20.4 Å². The molecule has 2 aromatic heterocycles. The number of nitrogen functional groups attached to an aromatic ring is 1. The van der Waals surface area contributed by atoms with E-state index in [4.69, 9.17) is 15.5 Å². The Hall–Kier alpha value is -1.85. The quantitative estimate of drug-likeness (QED) is 0.801. The topological polar surface area (TPSA) is 53.1 Å². The standard InChI is InChI=1S/C16H19N3OS/c1-10-11(2)21-15(17)14(10)16-18-12-6-4-5-7-13(12)19(16)8-9-20-3/h4-7H,8-9,17H2,1-3H3. The van der Waals surface area contributed by atoms with E-state index in [1.54, 1.807) is 18.4 Å². The summed E-state index contributed by atoms with van der Waals surface area (Å²) in [5.41, 5.74) is 10.6. The molecule has 0 atom stereocenters. The second-order valence-corrected chi connectivity index (χ2v) is 6.35. The van der Waals surface area contributed by atoms with Crippen molar-refractivity contribution in [3.8, 4) is 11.4 Å².